The smallest absolute Gasteiger partial charge is 0.253 e. The van der Waals surface area contributed by atoms with Crippen LogP contribution in [-0.2, 0) is 14.4 Å². The first-order chi connectivity index (χ1) is 12.6. The van der Waals surface area contributed by atoms with Gasteiger partial charge in [0.05, 0.1) is 35.6 Å². The zero-order chi connectivity index (χ0) is 18.5. The van der Waals surface area contributed by atoms with Gasteiger partial charge >= 0.3 is 0 Å². The van der Waals surface area contributed by atoms with Crippen LogP contribution in [0.1, 0.15) is 12.8 Å². The summed E-state index contributed by atoms with van der Waals surface area (Å²) >= 11 is 5.61. The molecule has 1 N–H and O–H groups in total. The van der Waals surface area contributed by atoms with Gasteiger partial charge < -0.3 is 10.2 Å². The van der Waals surface area contributed by atoms with Gasteiger partial charge in [0, 0.05) is 11.8 Å². The zero-order valence-corrected chi connectivity index (χ0v) is 14.8. The van der Waals surface area contributed by atoms with Gasteiger partial charge in [-0.25, -0.2) is 4.99 Å². The Morgan fingerprint density at radius 3 is 2.92 bits per heavy atom. The Labute approximate surface area is 155 Å². The minimum Gasteiger partial charge on any atom is -0.343 e. The molecule has 0 aromatic heterocycles. The molecule has 2 aliphatic rings. The van der Waals surface area contributed by atoms with E-state index >= 15 is 0 Å². The summed E-state index contributed by atoms with van der Waals surface area (Å²) < 4.78 is 0. The van der Waals surface area contributed by atoms with Gasteiger partial charge in [-0.15, -0.1) is 11.6 Å². The largest absolute Gasteiger partial charge is 0.343 e. The first-order valence-corrected chi connectivity index (χ1v) is 8.89. The number of likely N-dealkylation sites (tertiary alicyclic amines) is 1. The SMILES string of the molecule is O=C(NCC(=O)N1CCCC1C(=O)CCl)C1=c2ccccc2=NC=C=C1. The maximum absolute atomic E-state index is 12.6. The lowest BCUT2D eigenvalue weighted by atomic mass is 10.1. The van der Waals surface area contributed by atoms with E-state index in [9.17, 15) is 14.4 Å². The van der Waals surface area contributed by atoms with Gasteiger partial charge in [0.25, 0.3) is 5.91 Å². The summed E-state index contributed by atoms with van der Waals surface area (Å²) in [6.07, 6.45) is 4.42. The van der Waals surface area contributed by atoms with Crippen LogP contribution in [0.2, 0.25) is 0 Å². The van der Waals surface area contributed by atoms with E-state index in [0.717, 1.165) is 6.42 Å². The minimum atomic E-state index is -0.482. The molecule has 26 heavy (non-hydrogen) atoms. The van der Waals surface area contributed by atoms with E-state index in [-0.39, 0.29) is 30.0 Å². The molecule has 2 heterocycles. The van der Waals surface area contributed by atoms with Crippen LogP contribution in [-0.4, -0.2) is 47.5 Å². The number of benzene rings is 1. The number of nitrogens with zero attached hydrogens (tertiary/aromatic N) is 2. The van der Waals surface area contributed by atoms with Crippen molar-refractivity contribution < 1.29 is 14.4 Å². The third-order valence-corrected chi connectivity index (χ3v) is 4.68. The summed E-state index contributed by atoms with van der Waals surface area (Å²) in [4.78, 5) is 42.6. The second-order valence-electron chi connectivity index (χ2n) is 6.03. The van der Waals surface area contributed by atoms with Gasteiger partial charge in [-0.1, -0.05) is 23.9 Å². The third-order valence-electron chi connectivity index (χ3n) is 4.42. The molecule has 0 radical (unpaired) electrons. The summed E-state index contributed by atoms with van der Waals surface area (Å²) in [5, 5.41) is 3.98. The number of amides is 2. The minimum absolute atomic E-state index is 0.115. The molecular weight excluding hydrogens is 354 g/mol. The number of hydrogen-bond acceptors (Lipinski definition) is 4. The van der Waals surface area contributed by atoms with Gasteiger partial charge in [0.1, 0.15) is 0 Å². The van der Waals surface area contributed by atoms with E-state index < -0.39 is 6.04 Å². The second-order valence-corrected chi connectivity index (χ2v) is 6.30. The number of Topliss-reactive ketones (excluding diaryl/α,β-unsaturated/α-hetero) is 1. The Hall–Kier alpha value is -2.69. The lowest BCUT2D eigenvalue weighted by Crippen LogP contribution is -2.46. The molecule has 7 heteroatoms. The summed E-state index contributed by atoms with van der Waals surface area (Å²) in [6, 6.07) is 6.77. The number of para-hydroxylation sites is 1. The fraction of sp³-hybridized carbons (Fsp3) is 0.316. The number of nitrogens with one attached hydrogen (secondary N) is 1. The molecule has 0 aliphatic carbocycles. The lowest BCUT2D eigenvalue weighted by molar-refractivity contribution is -0.136. The van der Waals surface area contributed by atoms with Crippen molar-refractivity contribution in [3.8, 4) is 0 Å². The predicted octanol–water partition coefficient (Wildman–Crippen LogP) is 0.0544. The number of rotatable bonds is 5. The quantitative estimate of drug-likeness (QED) is 0.587. The van der Waals surface area contributed by atoms with Crippen LogP contribution in [0.15, 0.2) is 47.3 Å². The topological polar surface area (TPSA) is 78.8 Å². The highest BCUT2D eigenvalue weighted by Gasteiger charge is 2.33. The number of alkyl halides is 1. The highest BCUT2D eigenvalue weighted by atomic mass is 35.5. The van der Waals surface area contributed by atoms with Gasteiger partial charge in [0.2, 0.25) is 5.91 Å². The zero-order valence-electron chi connectivity index (χ0n) is 14.1. The van der Waals surface area contributed by atoms with Crippen LogP contribution >= 0.6 is 11.6 Å². The number of carbonyl (C=O) groups excluding carboxylic acids is 3. The van der Waals surface area contributed by atoms with E-state index in [4.69, 9.17) is 11.6 Å². The van der Waals surface area contributed by atoms with Gasteiger partial charge in [-0.05, 0) is 25.0 Å². The fourth-order valence-electron chi connectivity index (χ4n) is 3.15. The Balaban J connectivity index is 1.73. The van der Waals surface area contributed by atoms with Crippen LogP contribution in [0.25, 0.3) is 5.57 Å². The van der Waals surface area contributed by atoms with Crippen molar-refractivity contribution >= 4 is 34.8 Å². The summed E-state index contributed by atoms with van der Waals surface area (Å²) in [5.74, 6) is -0.948. The second kappa shape index (κ2) is 8.13. The van der Waals surface area contributed by atoms with E-state index in [0.29, 0.717) is 29.1 Å². The summed E-state index contributed by atoms with van der Waals surface area (Å²) in [5.41, 5.74) is 3.22. The van der Waals surface area contributed by atoms with Gasteiger partial charge in [-0.2, -0.15) is 0 Å². The van der Waals surface area contributed by atoms with Gasteiger partial charge in [0.15, 0.2) is 5.78 Å². The van der Waals surface area contributed by atoms with Crippen LogP contribution in [0.4, 0.5) is 0 Å². The Morgan fingerprint density at radius 1 is 1.31 bits per heavy atom. The lowest BCUT2D eigenvalue weighted by Gasteiger charge is -2.23. The first-order valence-electron chi connectivity index (χ1n) is 8.36. The molecule has 0 saturated carbocycles. The maximum Gasteiger partial charge on any atom is 0.253 e. The summed E-state index contributed by atoms with van der Waals surface area (Å²) in [7, 11) is 0. The number of ketones is 1. The van der Waals surface area contributed by atoms with Gasteiger partial charge in [-0.3, -0.25) is 14.4 Å². The van der Waals surface area contributed by atoms with Crippen molar-refractivity contribution in [1.82, 2.24) is 10.2 Å². The monoisotopic (exact) mass is 371 g/mol. The number of hydrogen-bond donors (Lipinski definition) is 1. The molecule has 6 nitrogen and oxygen atoms in total. The van der Waals surface area contributed by atoms with Crippen molar-refractivity contribution in [2.24, 2.45) is 4.99 Å². The fourth-order valence-corrected chi connectivity index (χ4v) is 3.33. The summed E-state index contributed by atoms with van der Waals surface area (Å²) in [6.45, 7) is 0.328. The van der Waals surface area contributed by atoms with Crippen LogP contribution in [0.3, 0.4) is 0 Å². The molecule has 3 rings (SSSR count). The average Bonchev–Trinajstić information content (AvgIpc) is 3.06. The molecule has 1 aromatic carbocycles. The Bertz CT molecular complexity index is 932. The maximum atomic E-state index is 12.6. The Morgan fingerprint density at radius 2 is 2.12 bits per heavy atom. The van der Waals surface area contributed by atoms with E-state index in [1.54, 1.807) is 18.2 Å². The predicted molar refractivity (Wildman–Crippen MR) is 96.8 cm³/mol. The molecule has 134 valence electrons. The molecule has 1 aromatic rings. The van der Waals surface area contributed by atoms with Crippen molar-refractivity contribution in [3.63, 3.8) is 0 Å². The average molecular weight is 372 g/mol. The molecule has 1 unspecified atom stereocenters. The first kappa shape index (κ1) is 18.1. The number of carbonyl (C=O) groups is 3. The normalized spacial score (nSPS) is 18.1. The van der Waals surface area contributed by atoms with Crippen molar-refractivity contribution in [1.29, 1.82) is 0 Å². The number of halogens is 1. The molecular formula is C19H18ClN3O3. The van der Waals surface area contributed by atoms with Crippen LogP contribution in [0.5, 0.6) is 0 Å². The molecule has 1 fully saturated rings. The van der Waals surface area contributed by atoms with Crippen molar-refractivity contribution in [2.45, 2.75) is 18.9 Å². The molecule has 0 bridgehead atoms. The van der Waals surface area contributed by atoms with E-state index in [1.165, 1.54) is 11.1 Å². The van der Waals surface area contributed by atoms with E-state index in [2.05, 4.69) is 16.0 Å². The molecule has 2 aliphatic heterocycles. The van der Waals surface area contributed by atoms with Crippen LogP contribution in [0, 0.1) is 0 Å². The molecule has 1 saturated heterocycles. The highest BCUT2D eigenvalue weighted by molar-refractivity contribution is 6.28. The number of fused-ring (bicyclic) bond motifs is 1. The Kier molecular flexibility index (Phi) is 5.66. The highest BCUT2D eigenvalue weighted by Crippen LogP contribution is 2.18. The molecule has 0 spiro atoms. The molecule has 2 amide bonds. The van der Waals surface area contributed by atoms with Crippen LogP contribution < -0.4 is 15.9 Å². The third kappa shape index (κ3) is 3.77. The van der Waals surface area contributed by atoms with Crippen molar-refractivity contribution in [3.05, 3.63) is 52.8 Å². The standard InChI is InChI=1S/C19H18ClN3O3/c20-11-17(24)16-8-4-10-23(16)18(25)12-22-19(26)14-6-3-9-21-15-7-2-1-5-13(14)15/h1-2,5-7,9,16H,4,8,10-12H2,(H,22,26). The van der Waals surface area contributed by atoms with E-state index in [1.807, 2.05) is 12.1 Å². The molecule has 1 atom stereocenters. The van der Waals surface area contributed by atoms with Crippen molar-refractivity contribution in [2.75, 3.05) is 19.0 Å².